The predicted octanol–water partition coefficient (Wildman–Crippen LogP) is 1.98. The van der Waals surface area contributed by atoms with Crippen LogP contribution in [0.5, 0.6) is 0 Å². The minimum Gasteiger partial charge on any atom is -0.343 e. The number of nitrogens with two attached hydrogens (primary N) is 1. The summed E-state index contributed by atoms with van der Waals surface area (Å²) in [6.45, 7) is 5.60. The molecule has 4 nitrogen and oxygen atoms in total. The van der Waals surface area contributed by atoms with E-state index in [-0.39, 0.29) is 23.8 Å². The molecule has 1 aliphatic rings. The lowest BCUT2D eigenvalue weighted by Gasteiger charge is -2.41. The van der Waals surface area contributed by atoms with Crippen LogP contribution in [-0.2, 0) is 4.79 Å². The fourth-order valence-electron chi connectivity index (χ4n) is 2.85. The summed E-state index contributed by atoms with van der Waals surface area (Å²) >= 11 is 0. The van der Waals surface area contributed by atoms with Crippen LogP contribution in [0.2, 0.25) is 0 Å². The van der Waals surface area contributed by atoms with E-state index in [2.05, 4.69) is 4.98 Å². The highest BCUT2D eigenvalue weighted by molar-refractivity contribution is 5.80. The zero-order chi connectivity index (χ0) is 13.8. The van der Waals surface area contributed by atoms with Gasteiger partial charge in [0, 0.05) is 37.4 Å². The minimum atomic E-state index is -0.0769. The van der Waals surface area contributed by atoms with Crippen molar-refractivity contribution in [1.29, 1.82) is 0 Å². The SMILES string of the molecule is CCN(CC)C(=O)[C@@H]1CC[C@H]1C(N)c1cccnc1. The van der Waals surface area contributed by atoms with Gasteiger partial charge in [0.05, 0.1) is 0 Å². The summed E-state index contributed by atoms with van der Waals surface area (Å²) in [5, 5.41) is 0. The van der Waals surface area contributed by atoms with Crippen LogP contribution >= 0.6 is 0 Å². The first-order chi connectivity index (χ1) is 9.19. The van der Waals surface area contributed by atoms with Crippen LogP contribution in [0.1, 0.15) is 38.3 Å². The molecular formula is C15H23N3O. The van der Waals surface area contributed by atoms with E-state index in [0.717, 1.165) is 31.5 Å². The van der Waals surface area contributed by atoms with Gasteiger partial charge in [-0.3, -0.25) is 9.78 Å². The van der Waals surface area contributed by atoms with E-state index >= 15 is 0 Å². The monoisotopic (exact) mass is 261 g/mol. The minimum absolute atomic E-state index is 0.0769. The van der Waals surface area contributed by atoms with Gasteiger partial charge in [-0.2, -0.15) is 0 Å². The summed E-state index contributed by atoms with van der Waals surface area (Å²) in [7, 11) is 0. The van der Waals surface area contributed by atoms with E-state index in [1.807, 2.05) is 37.1 Å². The molecule has 1 aliphatic carbocycles. The molecule has 0 aromatic carbocycles. The van der Waals surface area contributed by atoms with Crippen molar-refractivity contribution in [2.24, 2.45) is 17.6 Å². The Morgan fingerprint density at radius 1 is 1.47 bits per heavy atom. The van der Waals surface area contributed by atoms with Crippen LogP contribution < -0.4 is 5.73 Å². The van der Waals surface area contributed by atoms with E-state index in [0.29, 0.717) is 0 Å². The van der Waals surface area contributed by atoms with E-state index in [1.54, 1.807) is 6.20 Å². The standard InChI is InChI=1S/C15H23N3O/c1-3-18(4-2)15(19)13-8-7-12(13)14(16)11-6-5-9-17-10-11/h5-6,9-10,12-14H,3-4,7-8,16H2,1-2H3/t12-,13-,14?/m1/s1. The molecule has 1 unspecified atom stereocenters. The number of rotatable bonds is 5. The van der Waals surface area contributed by atoms with Crippen LogP contribution in [-0.4, -0.2) is 28.9 Å². The number of amides is 1. The van der Waals surface area contributed by atoms with E-state index in [9.17, 15) is 4.79 Å². The van der Waals surface area contributed by atoms with Crippen LogP contribution in [0.15, 0.2) is 24.5 Å². The van der Waals surface area contributed by atoms with Gasteiger partial charge in [-0.25, -0.2) is 0 Å². The van der Waals surface area contributed by atoms with Crippen molar-refractivity contribution < 1.29 is 4.79 Å². The first-order valence-electron chi connectivity index (χ1n) is 7.13. The zero-order valence-corrected chi connectivity index (χ0v) is 11.7. The summed E-state index contributed by atoms with van der Waals surface area (Å²) < 4.78 is 0. The maximum atomic E-state index is 12.4. The molecule has 0 bridgehead atoms. The highest BCUT2D eigenvalue weighted by Crippen LogP contribution is 2.42. The maximum Gasteiger partial charge on any atom is 0.226 e. The normalized spacial score (nSPS) is 23.5. The third kappa shape index (κ3) is 2.78. The van der Waals surface area contributed by atoms with Crippen molar-refractivity contribution >= 4 is 5.91 Å². The molecule has 1 amide bonds. The summed E-state index contributed by atoms with van der Waals surface area (Å²) in [4.78, 5) is 18.4. The van der Waals surface area contributed by atoms with Gasteiger partial charge in [0.25, 0.3) is 0 Å². The average molecular weight is 261 g/mol. The summed E-state index contributed by atoms with van der Waals surface area (Å²) in [6.07, 6.45) is 5.55. The first kappa shape index (κ1) is 14.0. The largest absolute Gasteiger partial charge is 0.343 e. The summed E-state index contributed by atoms with van der Waals surface area (Å²) in [5.41, 5.74) is 7.33. The zero-order valence-electron chi connectivity index (χ0n) is 11.7. The Morgan fingerprint density at radius 2 is 2.21 bits per heavy atom. The van der Waals surface area contributed by atoms with Crippen molar-refractivity contribution in [3.8, 4) is 0 Å². The van der Waals surface area contributed by atoms with Crippen LogP contribution in [0.3, 0.4) is 0 Å². The number of hydrogen-bond acceptors (Lipinski definition) is 3. The maximum absolute atomic E-state index is 12.4. The quantitative estimate of drug-likeness (QED) is 0.881. The lowest BCUT2D eigenvalue weighted by atomic mass is 9.68. The first-order valence-corrected chi connectivity index (χ1v) is 7.13. The molecule has 0 saturated heterocycles. The van der Waals surface area contributed by atoms with Crippen molar-refractivity contribution in [3.63, 3.8) is 0 Å². The van der Waals surface area contributed by atoms with Gasteiger partial charge in [0.1, 0.15) is 0 Å². The Kier molecular flexibility index (Phi) is 4.53. The number of carbonyl (C=O) groups is 1. The lowest BCUT2D eigenvalue weighted by molar-refractivity contribution is -0.141. The van der Waals surface area contributed by atoms with E-state index in [1.165, 1.54) is 0 Å². The topological polar surface area (TPSA) is 59.2 Å². The number of pyridine rings is 1. The van der Waals surface area contributed by atoms with Gasteiger partial charge in [0.2, 0.25) is 5.91 Å². The molecule has 1 aromatic rings. The second-order valence-electron chi connectivity index (χ2n) is 5.17. The Balaban J connectivity index is 2.04. The Morgan fingerprint density at radius 3 is 2.68 bits per heavy atom. The second kappa shape index (κ2) is 6.15. The number of carbonyl (C=O) groups excluding carboxylic acids is 1. The average Bonchev–Trinajstić information content (AvgIpc) is 2.40. The van der Waals surface area contributed by atoms with Crippen molar-refractivity contribution in [1.82, 2.24) is 9.88 Å². The molecule has 2 N–H and O–H groups in total. The molecule has 3 atom stereocenters. The number of aromatic nitrogens is 1. The van der Waals surface area contributed by atoms with Crippen molar-refractivity contribution in [3.05, 3.63) is 30.1 Å². The fraction of sp³-hybridized carbons (Fsp3) is 0.600. The molecule has 0 spiro atoms. The predicted molar refractivity (Wildman–Crippen MR) is 75.3 cm³/mol. The van der Waals surface area contributed by atoms with E-state index < -0.39 is 0 Å². The molecule has 2 rings (SSSR count). The fourth-order valence-corrected chi connectivity index (χ4v) is 2.85. The molecule has 1 saturated carbocycles. The second-order valence-corrected chi connectivity index (χ2v) is 5.17. The highest BCUT2D eigenvalue weighted by atomic mass is 16.2. The third-order valence-corrected chi connectivity index (χ3v) is 4.25. The van der Waals surface area contributed by atoms with Gasteiger partial charge in [-0.05, 0) is 44.2 Å². The van der Waals surface area contributed by atoms with Gasteiger partial charge in [-0.1, -0.05) is 6.07 Å². The van der Waals surface area contributed by atoms with Crippen LogP contribution in [0.4, 0.5) is 0 Å². The van der Waals surface area contributed by atoms with Crippen molar-refractivity contribution in [2.75, 3.05) is 13.1 Å². The van der Waals surface area contributed by atoms with Crippen LogP contribution in [0.25, 0.3) is 0 Å². The Labute approximate surface area is 115 Å². The summed E-state index contributed by atoms with van der Waals surface area (Å²) in [6, 6.07) is 3.82. The van der Waals surface area contributed by atoms with Gasteiger partial charge < -0.3 is 10.6 Å². The van der Waals surface area contributed by atoms with Crippen molar-refractivity contribution in [2.45, 2.75) is 32.7 Å². The molecule has 1 heterocycles. The third-order valence-electron chi connectivity index (χ3n) is 4.25. The van der Waals surface area contributed by atoms with Crippen LogP contribution in [0, 0.1) is 11.8 Å². The van der Waals surface area contributed by atoms with Gasteiger partial charge in [0.15, 0.2) is 0 Å². The molecule has 1 fully saturated rings. The van der Waals surface area contributed by atoms with Gasteiger partial charge >= 0.3 is 0 Å². The number of nitrogens with zero attached hydrogens (tertiary/aromatic N) is 2. The molecule has 104 valence electrons. The molecule has 19 heavy (non-hydrogen) atoms. The molecule has 1 aromatic heterocycles. The molecule has 0 radical (unpaired) electrons. The summed E-state index contributed by atoms with van der Waals surface area (Å²) in [5.74, 6) is 0.619. The molecule has 4 heteroatoms. The lowest BCUT2D eigenvalue weighted by Crippen LogP contribution is -2.46. The smallest absolute Gasteiger partial charge is 0.226 e. The van der Waals surface area contributed by atoms with Gasteiger partial charge in [-0.15, -0.1) is 0 Å². The van der Waals surface area contributed by atoms with E-state index in [4.69, 9.17) is 5.73 Å². The molecular weight excluding hydrogens is 238 g/mol. The number of hydrogen-bond donors (Lipinski definition) is 1. The highest BCUT2D eigenvalue weighted by Gasteiger charge is 2.41. The Bertz CT molecular complexity index is 417. The Hall–Kier alpha value is -1.42. The molecule has 0 aliphatic heterocycles.